The van der Waals surface area contributed by atoms with Crippen LogP contribution in [0.1, 0.15) is 53.9 Å². The lowest BCUT2D eigenvalue weighted by molar-refractivity contribution is 0.0342. The van der Waals surface area contributed by atoms with E-state index in [2.05, 4.69) is 50.0 Å². The molecule has 2 fully saturated rings. The van der Waals surface area contributed by atoms with Crippen LogP contribution >= 0.6 is 11.3 Å². The van der Waals surface area contributed by atoms with E-state index >= 15 is 0 Å². The number of piperazine rings is 1. The summed E-state index contributed by atoms with van der Waals surface area (Å²) in [6, 6.07) is 12.1. The minimum Gasteiger partial charge on any atom is -0.465 e. The first-order chi connectivity index (χ1) is 22.8. The van der Waals surface area contributed by atoms with E-state index in [1.807, 2.05) is 41.8 Å². The van der Waals surface area contributed by atoms with Crippen LogP contribution in [-0.2, 0) is 16.0 Å². The number of hydrogen-bond acceptors (Lipinski definition) is 9. The Morgan fingerprint density at radius 1 is 1.02 bits per heavy atom. The topological polar surface area (TPSA) is 83.2 Å². The van der Waals surface area contributed by atoms with Crippen LogP contribution in [0.15, 0.2) is 59.7 Å². The number of methoxy groups -OCH3 is 1. The molecular formula is C37H45N5O4S. The summed E-state index contributed by atoms with van der Waals surface area (Å²) < 4.78 is 16.9. The third-order valence-electron chi connectivity index (χ3n) is 9.77. The maximum atomic E-state index is 12.6. The smallest absolute Gasteiger partial charge is 0.341 e. The predicted molar refractivity (Wildman–Crippen MR) is 188 cm³/mol. The molecule has 0 radical (unpaired) electrons. The van der Waals surface area contributed by atoms with Crippen molar-refractivity contribution < 1.29 is 19.0 Å². The molecule has 4 aromatic rings. The Morgan fingerprint density at radius 2 is 1.83 bits per heavy atom. The number of esters is 1. The molecular weight excluding hydrogens is 611 g/mol. The van der Waals surface area contributed by atoms with Crippen LogP contribution < -0.4 is 9.64 Å². The predicted octanol–water partition coefficient (Wildman–Crippen LogP) is 6.82. The van der Waals surface area contributed by atoms with Crippen LogP contribution in [0, 0.1) is 5.41 Å². The Bertz CT molecular complexity index is 1750. The summed E-state index contributed by atoms with van der Waals surface area (Å²) in [5.74, 6) is 0.616. The van der Waals surface area contributed by atoms with Crippen LogP contribution in [-0.4, -0.2) is 91.9 Å². The molecule has 1 aliphatic carbocycles. The number of nitrogens with zero attached hydrogens (tertiary/aromatic N) is 4. The van der Waals surface area contributed by atoms with Gasteiger partial charge in [0.15, 0.2) is 0 Å². The van der Waals surface area contributed by atoms with Crippen molar-refractivity contribution in [2.45, 2.75) is 39.7 Å². The summed E-state index contributed by atoms with van der Waals surface area (Å²) in [6.45, 7) is 14.4. The fourth-order valence-corrected chi connectivity index (χ4v) is 8.01. The van der Waals surface area contributed by atoms with Crippen molar-refractivity contribution in [2.75, 3.05) is 71.0 Å². The molecule has 2 aliphatic heterocycles. The number of morpholine rings is 1. The standard InChI is InChI=1S/C37H45N5O4S/c1-37(2)8-6-28(32(21-37)34-18-26(25-47-34)23-41-14-16-45-17-15-41)24-40-10-12-42(13-11-40)29-4-5-31(36(43)44-3)33(20-29)46-30-19-27-7-9-38-35(27)39-22-30/h4-5,7,9,18-20,22,25H,6,8,10-17,21,23-24H2,1-3H3,(H,38,39). The third kappa shape index (κ3) is 7.41. The van der Waals surface area contributed by atoms with Crippen molar-refractivity contribution in [3.63, 3.8) is 0 Å². The summed E-state index contributed by atoms with van der Waals surface area (Å²) in [5.41, 5.74) is 7.17. The van der Waals surface area contributed by atoms with Crippen molar-refractivity contribution in [3.8, 4) is 11.5 Å². The molecule has 0 saturated carbocycles. The number of carbonyl (C=O) groups is 1. The first-order valence-corrected chi connectivity index (χ1v) is 17.6. The number of allylic oxidation sites excluding steroid dienone is 1. The highest BCUT2D eigenvalue weighted by Crippen LogP contribution is 2.45. The summed E-state index contributed by atoms with van der Waals surface area (Å²) in [5, 5.41) is 3.32. The second kappa shape index (κ2) is 13.8. The number of hydrogen-bond donors (Lipinski definition) is 1. The van der Waals surface area contributed by atoms with Gasteiger partial charge in [-0.2, -0.15) is 0 Å². The Hall–Kier alpha value is -3.70. The number of nitrogens with one attached hydrogen (secondary N) is 1. The van der Waals surface area contributed by atoms with Gasteiger partial charge in [-0.3, -0.25) is 9.80 Å². The van der Waals surface area contributed by atoms with E-state index in [0.29, 0.717) is 22.5 Å². The van der Waals surface area contributed by atoms with Crippen LogP contribution in [0.5, 0.6) is 11.5 Å². The number of thiophene rings is 1. The van der Waals surface area contributed by atoms with Crippen molar-refractivity contribution in [3.05, 3.63) is 75.7 Å². The molecule has 0 atom stereocenters. The SMILES string of the molecule is COC(=O)c1ccc(N2CCN(CC3=C(c4cc(CN5CCOCC5)cs4)CC(C)(C)CC3)CC2)cc1Oc1cnc2[nH]ccc2c1. The van der Waals surface area contributed by atoms with Crippen LogP contribution in [0.3, 0.4) is 0 Å². The lowest BCUT2D eigenvalue weighted by Crippen LogP contribution is -2.47. The van der Waals surface area contributed by atoms with Gasteiger partial charge in [0.2, 0.25) is 0 Å². The van der Waals surface area contributed by atoms with E-state index in [9.17, 15) is 4.79 Å². The Balaban J connectivity index is 1.04. The van der Waals surface area contributed by atoms with E-state index in [-0.39, 0.29) is 0 Å². The summed E-state index contributed by atoms with van der Waals surface area (Å²) >= 11 is 1.92. The second-order valence-corrected chi connectivity index (χ2v) is 14.7. The Morgan fingerprint density at radius 3 is 2.64 bits per heavy atom. The van der Waals surface area contributed by atoms with E-state index in [4.69, 9.17) is 14.2 Å². The molecule has 9 nitrogen and oxygen atoms in total. The molecule has 10 heteroatoms. The molecule has 248 valence electrons. The largest absolute Gasteiger partial charge is 0.465 e. The zero-order valence-electron chi connectivity index (χ0n) is 27.7. The lowest BCUT2D eigenvalue weighted by atomic mass is 9.73. The Labute approximate surface area is 281 Å². The maximum Gasteiger partial charge on any atom is 0.341 e. The summed E-state index contributed by atoms with van der Waals surface area (Å²) in [4.78, 5) is 29.1. The van der Waals surface area contributed by atoms with Gasteiger partial charge in [0.05, 0.1) is 26.5 Å². The van der Waals surface area contributed by atoms with Crippen LogP contribution in [0.25, 0.3) is 16.6 Å². The molecule has 2 saturated heterocycles. The molecule has 1 aromatic carbocycles. The molecule has 3 aromatic heterocycles. The lowest BCUT2D eigenvalue weighted by Gasteiger charge is -2.39. The van der Waals surface area contributed by atoms with E-state index in [1.165, 1.54) is 30.4 Å². The molecule has 3 aliphatic rings. The number of pyridine rings is 1. The van der Waals surface area contributed by atoms with E-state index in [0.717, 1.165) is 88.7 Å². The van der Waals surface area contributed by atoms with Crippen molar-refractivity contribution in [2.24, 2.45) is 5.41 Å². The number of anilines is 1. The van der Waals surface area contributed by atoms with Gasteiger partial charge in [-0.1, -0.05) is 19.4 Å². The van der Waals surface area contributed by atoms with Gasteiger partial charge in [-0.15, -0.1) is 11.3 Å². The number of aromatic amines is 1. The highest BCUT2D eigenvalue weighted by atomic mass is 32.1. The minimum absolute atomic E-state index is 0.325. The highest BCUT2D eigenvalue weighted by molar-refractivity contribution is 7.11. The summed E-state index contributed by atoms with van der Waals surface area (Å²) in [7, 11) is 1.39. The molecule has 0 spiro atoms. The molecule has 1 N–H and O–H groups in total. The number of benzene rings is 1. The van der Waals surface area contributed by atoms with Gasteiger partial charge in [0, 0.05) is 80.6 Å². The molecule has 5 heterocycles. The quantitative estimate of drug-likeness (QED) is 0.197. The first kappa shape index (κ1) is 31.9. The first-order valence-electron chi connectivity index (χ1n) is 16.7. The molecule has 0 bridgehead atoms. The van der Waals surface area contributed by atoms with Crippen LogP contribution in [0.4, 0.5) is 5.69 Å². The summed E-state index contributed by atoms with van der Waals surface area (Å²) in [6.07, 6.45) is 7.06. The molecule has 0 unspecified atom stereocenters. The fourth-order valence-electron chi connectivity index (χ4n) is 7.01. The van der Waals surface area contributed by atoms with Gasteiger partial charge in [0.1, 0.15) is 22.7 Å². The highest BCUT2D eigenvalue weighted by Gasteiger charge is 2.30. The van der Waals surface area contributed by atoms with Gasteiger partial charge in [-0.25, -0.2) is 9.78 Å². The van der Waals surface area contributed by atoms with E-state index < -0.39 is 5.97 Å². The van der Waals surface area contributed by atoms with Gasteiger partial charge in [0.25, 0.3) is 0 Å². The average Bonchev–Trinajstić information content (AvgIpc) is 3.75. The zero-order chi connectivity index (χ0) is 32.4. The Kier molecular flexibility index (Phi) is 9.36. The molecule has 47 heavy (non-hydrogen) atoms. The van der Waals surface area contributed by atoms with Crippen molar-refractivity contribution >= 4 is 39.6 Å². The molecule has 0 amide bonds. The molecule has 7 rings (SSSR count). The van der Waals surface area contributed by atoms with Crippen molar-refractivity contribution in [1.29, 1.82) is 0 Å². The average molecular weight is 656 g/mol. The van der Waals surface area contributed by atoms with Crippen LogP contribution in [0.2, 0.25) is 0 Å². The number of aromatic nitrogens is 2. The van der Waals surface area contributed by atoms with Gasteiger partial charge < -0.3 is 24.1 Å². The van der Waals surface area contributed by atoms with Gasteiger partial charge >= 0.3 is 5.97 Å². The maximum absolute atomic E-state index is 12.6. The normalized spacial score (nSPS) is 19.3. The van der Waals surface area contributed by atoms with Gasteiger partial charge in [-0.05, 0) is 71.5 Å². The van der Waals surface area contributed by atoms with E-state index in [1.54, 1.807) is 23.4 Å². The number of rotatable bonds is 9. The number of ether oxygens (including phenoxy) is 3. The zero-order valence-corrected chi connectivity index (χ0v) is 28.5. The number of H-pyrrole nitrogens is 1. The number of fused-ring (bicyclic) bond motifs is 1. The third-order valence-corrected chi connectivity index (χ3v) is 10.8. The monoisotopic (exact) mass is 655 g/mol. The second-order valence-electron chi connectivity index (χ2n) is 13.8. The number of carbonyl (C=O) groups excluding carboxylic acids is 1. The minimum atomic E-state index is -0.425. The fraction of sp³-hybridized carbons (Fsp3) is 0.459. The van der Waals surface area contributed by atoms with Crippen molar-refractivity contribution in [1.82, 2.24) is 19.8 Å².